The van der Waals surface area contributed by atoms with Gasteiger partial charge >= 0.3 is 0 Å². The number of ether oxygens (including phenoxy) is 4. The lowest BCUT2D eigenvalue weighted by atomic mass is 9.90. The minimum absolute atomic E-state index is 0.298. The van der Waals surface area contributed by atoms with Gasteiger partial charge in [0, 0.05) is 13.2 Å². The predicted molar refractivity (Wildman–Crippen MR) is 99.2 cm³/mol. The summed E-state index contributed by atoms with van der Waals surface area (Å²) in [5.41, 5.74) is -2.23. The first kappa shape index (κ1) is 23.8. The summed E-state index contributed by atoms with van der Waals surface area (Å²) in [6, 6.07) is 3.07. The van der Waals surface area contributed by atoms with Crippen LogP contribution in [0.1, 0.15) is 18.8 Å². The van der Waals surface area contributed by atoms with Crippen LogP contribution in [0.15, 0.2) is 18.3 Å². The smallest absolute Gasteiger partial charge is 0.235 e. The summed E-state index contributed by atoms with van der Waals surface area (Å²) < 4.78 is 88.5. The number of carbonyl (C=O) groups is 1. The van der Waals surface area contributed by atoms with Gasteiger partial charge in [-0.15, -0.1) is 0 Å². The zero-order valence-electron chi connectivity index (χ0n) is 17.0. The van der Waals surface area contributed by atoms with Crippen LogP contribution in [-0.4, -0.2) is 44.4 Å². The SMILES string of the molecule is COCCOc1ccc(NC(=O)C2(C)COC(c3c(F)c(F)c(F)c(F)c3F)OC2)cn1. The number of hydrogen-bond acceptors (Lipinski definition) is 6. The molecule has 0 spiro atoms. The van der Waals surface area contributed by atoms with Gasteiger partial charge in [0.25, 0.3) is 0 Å². The number of benzene rings is 1. The van der Waals surface area contributed by atoms with Crippen molar-refractivity contribution in [2.75, 3.05) is 38.9 Å². The van der Waals surface area contributed by atoms with E-state index in [1.165, 1.54) is 26.3 Å². The molecule has 0 aliphatic carbocycles. The van der Waals surface area contributed by atoms with Crippen LogP contribution in [0.25, 0.3) is 0 Å². The molecule has 1 N–H and O–H groups in total. The van der Waals surface area contributed by atoms with Crippen molar-refractivity contribution in [3.8, 4) is 5.88 Å². The third-order valence-corrected chi connectivity index (χ3v) is 4.67. The topological polar surface area (TPSA) is 78.9 Å². The molecule has 1 fully saturated rings. The van der Waals surface area contributed by atoms with E-state index in [9.17, 15) is 26.7 Å². The second-order valence-corrected chi connectivity index (χ2v) is 7.18. The van der Waals surface area contributed by atoms with Crippen LogP contribution in [0, 0.1) is 34.5 Å². The maximum atomic E-state index is 14.0. The number of rotatable bonds is 7. The molecule has 0 radical (unpaired) electrons. The molecule has 1 aliphatic rings. The first-order valence-corrected chi connectivity index (χ1v) is 9.31. The number of pyridine rings is 1. The zero-order chi connectivity index (χ0) is 23.5. The van der Waals surface area contributed by atoms with E-state index >= 15 is 0 Å². The van der Waals surface area contributed by atoms with Gasteiger partial charge in [0.15, 0.2) is 29.6 Å². The van der Waals surface area contributed by atoms with Crippen LogP contribution < -0.4 is 10.1 Å². The minimum Gasteiger partial charge on any atom is -0.475 e. The number of amides is 1. The Labute approximate surface area is 179 Å². The minimum atomic E-state index is -2.28. The molecule has 174 valence electrons. The van der Waals surface area contributed by atoms with Crippen LogP contribution >= 0.6 is 0 Å². The van der Waals surface area contributed by atoms with Crippen LogP contribution in [0.4, 0.5) is 27.6 Å². The van der Waals surface area contributed by atoms with Crippen LogP contribution in [0.2, 0.25) is 0 Å². The molecule has 1 saturated heterocycles. The number of hydrogen-bond donors (Lipinski definition) is 1. The Hall–Kier alpha value is -2.83. The molecule has 2 aromatic rings. The van der Waals surface area contributed by atoms with Gasteiger partial charge in [0.2, 0.25) is 17.6 Å². The fourth-order valence-electron chi connectivity index (χ4n) is 2.79. The first-order valence-electron chi connectivity index (χ1n) is 9.31. The second-order valence-electron chi connectivity index (χ2n) is 7.18. The molecule has 32 heavy (non-hydrogen) atoms. The molecular formula is C20H19F5N2O5. The highest BCUT2D eigenvalue weighted by molar-refractivity contribution is 5.95. The summed E-state index contributed by atoms with van der Waals surface area (Å²) in [5, 5.41) is 2.59. The number of nitrogens with one attached hydrogen (secondary N) is 1. The van der Waals surface area contributed by atoms with Crippen molar-refractivity contribution < 1.29 is 45.7 Å². The maximum absolute atomic E-state index is 14.0. The van der Waals surface area contributed by atoms with Crippen LogP contribution in [-0.2, 0) is 19.0 Å². The molecule has 1 amide bonds. The number of carbonyl (C=O) groups excluding carboxylic acids is 1. The fraction of sp³-hybridized carbons (Fsp3) is 0.400. The molecule has 3 rings (SSSR count). The van der Waals surface area contributed by atoms with Crippen molar-refractivity contribution in [2.24, 2.45) is 5.41 Å². The summed E-state index contributed by atoms with van der Waals surface area (Å²) in [5.74, 6) is -10.9. The molecule has 7 nitrogen and oxygen atoms in total. The quantitative estimate of drug-likeness (QED) is 0.294. The van der Waals surface area contributed by atoms with Gasteiger partial charge in [-0.2, -0.15) is 0 Å². The Morgan fingerprint density at radius 1 is 1.06 bits per heavy atom. The lowest BCUT2D eigenvalue weighted by Gasteiger charge is -2.36. The van der Waals surface area contributed by atoms with Crippen LogP contribution in [0.3, 0.4) is 0 Å². The van der Waals surface area contributed by atoms with E-state index in [4.69, 9.17) is 18.9 Å². The molecule has 1 aliphatic heterocycles. The van der Waals surface area contributed by atoms with Gasteiger partial charge in [0.05, 0.1) is 42.7 Å². The van der Waals surface area contributed by atoms with E-state index in [-0.39, 0.29) is 0 Å². The molecule has 12 heteroatoms. The summed E-state index contributed by atoms with van der Waals surface area (Å²) >= 11 is 0. The summed E-state index contributed by atoms with van der Waals surface area (Å²) in [6.07, 6.45) is -0.517. The van der Waals surface area contributed by atoms with Crippen molar-refractivity contribution in [1.82, 2.24) is 4.98 Å². The number of nitrogens with zero attached hydrogens (tertiary/aromatic N) is 1. The van der Waals surface area contributed by atoms with Crippen molar-refractivity contribution in [2.45, 2.75) is 13.2 Å². The van der Waals surface area contributed by atoms with Gasteiger partial charge in [-0.05, 0) is 13.0 Å². The summed E-state index contributed by atoms with van der Waals surface area (Å²) in [6.45, 7) is 1.31. The highest BCUT2D eigenvalue weighted by atomic mass is 19.2. The Bertz CT molecular complexity index is 952. The van der Waals surface area contributed by atoms with E-state index in [1.807, 2.05) is 0 Å². The zero-order valence-corrected chi connectivity index (χ0v) is 17.0. The summed E-state index contributed by atoms with van der Waals surface area (Å²) in [7, 11) is 1.53. The third kappa shape index (κ3) is 4.81. The predicted octanol–water partition coefficient (Wildman–Crippen LogP) is 3.49. The Kier molecular flexibility index (Phi) is 7.26. The number of halogens is 5. The Morgan fingerprint density at radius 2 is 1.66 bits per heavy atom. The molecule has 1 aromatic carbocycles. The van der Waals surface area contributed by atoms with Crippen LogP contribution in [0.5, 0.6) is 5.88 Å². The maximum Gasteiger partial charge on any atom is 0.235 e. The largest absolute Gasteiger partial charge is 0.475 e. The molecule has 2 heterocycles. The molecule has 0 bridgehead atoms. The summed E-state index contributed by atoms with van der Waals surface area (Å²) in [4.78, 5) is 16.7. The second kappa shape index (κ2) is 9.76. The monoisotopic (exact) mass is 462 g/mol. The van der Waals surface area contributed by atoms with Gasteiger partial charge in [0.1, 0.15) is 6.61 Å². The average Bonchev–Trinajstić information content (AvgIpc) is 2.79. The van der Waals surface area contributed by atoms with E-state index < -0.39 is 65.5 Å². The van der Waals surface area contributed by atoms with Gasteiger partial charge in [-0.1, -0.05) is 0 Å². The van der Waals surface area contributed by atoms with E-state index in [2.05, 4.69) is 10.3 Å². The van der Waals surface area contributed by atoms with E-state index in [0.717, 1.165) is 0 Å². The van der Waals surface area contributed by atoms with E-state index in [0.29, 0.717) is 24.8 Å². The van der Waals surface area contributed by atoms with Gasteiger partial charge in [-0.3, -0.25) is 4.79 Å². The molecule has 0 atom stereocenters. The number of aromatic nitrogens is 1. The highest BCUT2D eigenvalue weighted by Gasteiger charge is 2.42. The standard InChI is InChI=1S/C20H19F5N2O5/c1-20(19(28)27-10-3-4-11(26-7-10)30-6-5-29-2)8-31-18(32-9-20)12-13(21)15(23)17(25)16(24)14(12)22/h3-4,7,18H,5-6,8-9H2,1-2H3,(H,27,28). The lowest BCUT2D eigenvalue weighted by molar-refractivity contribution is -0.228. The molecule has 0 saturated carbocycles. The normalized spacial score (nSPS) is 20.8. The lowest BCUT2D eigenvalue weighted by Crippen LogP contribution is -2.46. The number of methoxy groups -OCH3 is 1. The third-order valence-electron chi connectivity index (χ3n) is 4.67. The average molecular weight is 462 g/mol. The highest BCUT2D eigenvalue weighted by Crippen LogP contribution is 2.36. The van der Waals surface area contributed by atoms with Gasteiger partial charge in [-0.25, -0.2) is 26.9 Å². The molecular weight excluding hydrogens is 443 g/mol. The van der Waals surface area contributed by atoms with Crippen molar-refractivity contribution in [3.05, 3.63) is 53.0 Å². The van der Waals surface area contributed by atoms with E-state index in [1.54, 1.807) is 6.07 Å². The molecule has 0 unspecified atom stereocenters. The van der Waals surface area contributed by atoms with Gasteiger partial charge < -0.3 is 24.3 Å². The van der Waals surface area contributed by atoms with Crippen molar-refractivity contribution in [1.29, 1.82) is 0 Å². The molecule has 1 aromatic heterocycles. The van der Waals surface area contributed by atoms with Crippen molar-refractivity contribution in [3.63, 3.8) is 0 Å². The Balaban J connectivity index is 1.64. The van der Waals surface area contributed by atoms with Crippen molar-refractivity contribution >= 4 is 11.6 Å². The first-order chi connectivity index (χ1) is 15.2. The fourth-order valence-corrected chi connectivity index (χ4v) is 2.79. The Morgan fingerprint density at radius 3 is 2.19 bits per heavy atom. The number of anilines is 1.